The highest BCUT2D eigenvalue weighted by Gasteiger charge is 2.28. The number of hydrogen-bond donors (Lipinski definition) is 2. The quantitative estimate of drug-likeness (QED) is 0.892. The molecule has 0 radical (unpaired) electrons. The van der Waals surface area contributed by atoms with Crippen LogP contribution >= 0.6 is 11.6 Å². The molecule has 2 rings (SSSR count). The Morgan fingerprint density at radius 2 is 1.79 bits per heavy atom. The van der Waals surface area contributed by atoms with Gasteiger partial charge in [0.2, 0.25) is 0 Å². The summed E-state index contributed by atoms with van der Waals surface area (Å²) < 4.78 is 13.9. The smallest absolute Gasteiger partial charge is 0.128 e. The number of aliphatic hydroxyl groups excluding tert-OH is 1. The SMILES string of the molecule is CC(CO)(Nc1ccc(Cl)cc1)c1ccccc1F. The lowest BCUT2D eigenvalue weighted by Crippen LogP contribution is -2.36. The molecule has 0 saturated carbocycles. The van der Waals surface area contributed by atoms with Gasteiger partial charge in [0.15, 0.2) is 0 Å². The highest BCUT2D eigenvalue weighted by Crippen LogP contribution is 2.28. The molecule has 0 aromatic heterocycles. The molecule has 0 saturated heterocycles. The topological polar surface area (TPSA) is 32.3 Å². The van der Waals surface area contributed by atoms with Gasteiger partial charge in [-0.25, -0.2) is 4.39 Å². The molecule has 0 fully saturated rings. The van der Waals surface area contributed by atoms with E-state index in [9.17, 15) is 9.50 Å². The van der Waals surface area contributed by atoms with E-state index < -0.39 is 5.54 Å². The lowest BCUT2D eigenvalue weighted by atomic mass is 9.92. The van der Waals surface area contributed by atoms with E-state index in [1.54, 1.807) is 49.4 Å². The van der Waals surface area contributed by atoms with Crippen LogP contribution in [0.1, 0.15) is 12.5 Å². The Hall–Kier alpha value is -1.58. The van der Waals surface area contributed by atoms with Gasteiger partial charge < -0.3 is 10.4 Å². The van der Waals surface area contributed by atoms with E-state index >= 15 is 0 Å². The van der Waals surface area contributed by atoms with Gasteiger partial charge in [-0.1, -0.05) is 29.8 Å². The molecule has 0 bridgehead atoms. The van der Waals surface area contributed by atoms with Crippen molar-refractivity contribution in [3.63, 3.8) is 0 Å². The first-order valence-electron chi connectivity index (χ1n) is 5.95. The summed E-state index contributed by atoms with van der Waals surface area (Å²) >= 11 is 5.82. The molecule has 100 valence electrons. The zero-order valence-electron chi connectivity index (χ0n) is 10.5. The monoisotopic (exact) mass is 279 g/mol. The summed E-state index contributed by atoms with van der Waals surface area (Å²) in [5, 5.41) is 13.4. The Labute approximate surface area is 116 Å². The molecule has 2 nitrogen and oxygen atoms in total. The van der Waals surface area contributed by atoms with Crippen LogP contribution in [0.5, 0.6) is 0 Å². The molecule has 2 N–H and O–H groups in total. The zero-order chi connectivity index (χ0) is 13.9. The fourth-order valence-electron chi connectivity index (χ4n) is 1.95. The largest absolute Gasteiger partial charge is 0.394 e. The molecule has 1 atom stereocenters. The zero-order valence-corrected chi connectivity index (χ0v) is 11.3. The van der Waals surface area contributed by atoms with Gasteiger partial charge in [0, 0.05) is 16.3 Å². The van der Waals surface area contributed by atoms with Crippen molar-refractivity contribution >= 4 is 17.3 Å². The van der Waals surface area contributed by atoms with Crippen LogP contribution < -0.4 is 5.32 Å². The number of hydrogen-bond acceptors (Lipinski definition) is 2. The maximum atomic E-state index is 13.9. The second-order valence-corrected chi connectivity index (χ2v) is 5.04. The summed E-state index contributed by atoms with van der Waals surface area (Å²) in [7, 11) is 0. The molecule has 0 spiro atoms. The third kappa shape index (κ3) is 3.06. The van der Waals surface area contributed by atoms with Gasteiger partial charge in [0.25, 0.3) is 0 Å². The molecule has 0 aliphatic heterocycles. The number of halogens is 2. The van der Waals surface area contributed by atoms with Crippen LogP contribution in [0.4, 0.5) is 10.1 Å². The minimum absolute atomic E-state index is 0.226. The van der Waals surface area contributed by atoms with Crippen molar-refractivity contribution in [2.45, 2.75) is 12.5 Å². The van der Waals surface area contributed by atoms with E-state index in [1.807, 2.05) is 0 Å². The lowest BCUT2D eigenvalue weighted by Gasteiger charge is -2.30. The summed E-state index contributed by atoms with van der Waals surface area (Å²) in [5.41, 5.74) is 0.302. The predicted molar refractivity (Wildman–Crippen MR) is 75.9 cm³/mol. The second-order valence-electron chi connectivity index (χ2n) is 4.60. The third-order valence-electron chi connectivity index (χ3n) is 3.05. The van der Waals surface area contributed by atoms with E-state index in [0.29, 0.717) is 10.6 Å². The molecule has 0 aliphatic carbocycles. The van der Waals surface area contributed by atoms with E-state index in [2.05, 4.69) is 5.32 Å². The van der Waals surface area contributed by atoms with Gasteiger partial charge in [-0.3, -0.25) is 0 Å². The molecule has 4 heteroatoms. The van der Waals surface area contributed by atoms with Crippen molar-refractivity contribution in [3.8, 4) is 0 Å². The Balaban J connectivity index is 2.33. The van der Waals surface area contributed by atoms with E-state index in [4.69, 9.17) is 11.6 Å². The van der Waals surface area contributed by atoms with Crippen molar-refractivity contribution in [2.75, 3.05) is 11.9 Å². The fraction of sp³-hybridized carbons (Fsp3) is 0.200. The van der Waals surface area contributed by atoms with Gasteiger partial charge in [-0.15, -0.1) is 0 Å². The van der Waals surface area contributed by atoms with Crippen LogP contribution in [0.2, 0.25) is 5.02 Å². The lowest BCUT2D eigenvalue weighted by molar-refractivity contribution is 0.220. The molecule has 1 unspecified atom stereocenters. The van der Waals surface area contributed by atoms with Crippen molar-refractivity contribution in [1.29, 1.82) is 0 Å². The summed E-state index contributed by atoms with van der Waals surface area (Å²) in [5.74, 6) is -0.347. The van der Waals surface area contributed by atoms with Gasteiger partial charge in [0.1, 0.15) is 5.82 Å². The average molecular weight is 280 g/mol. The maximum absolute atomic E-state index is 13.9. The van der Waals surface area contributed by atoms with Crippen LogP contribution in [-0.2, 0) is 5.54 Å². The van der Waals surface area contributed by atoms with Crippen molar-refractivity contribution in [1.82, 2.24) is 0 Å². The minimum Gasteiger partial charge on any atom is -0.394 e. The van der Waals surface area contributed by atoms with E-state index in [0.717, 1.165) is 5.69 Å². The van der Waals surface area contributed by atoms with Crippen molar-refractivity contribution in [2.24, 2.45) is 0 Å². The van der Waals surface area contributed by atoms with Gasteiger partial charge in [-0.2, -0.15) is 0 Å². The first-order chi connectivity index (χ1) is 9.05. The summed E-state index contributed by atoms with van der Waals surface area (Å²) in [6.07, 6.45) is 0. The molecule has 2 aromatic carbocycles. The van der Waals surface area contributed by atoms with Gasteiger partial charge in [0.05, 0.1) is 12.1 Å². The van der Waals surface area contributed by atoms with E-state index in [-0.39, 0.29) is 12.4 Å². The molecule has 0 heterocycles. The molecular formula is C15H15ClFNO. The molecule has 2 aromatic rings. The molecule has 19 heavy (non-hydrogen) atoms. The number of benzene rings is 2. The second kappa shape index (κ2) is 5.59. The molecule has 0 amide bonds. The highest BCUT2D eigenvalue weighted by atomic mass is 35.5. The van der Waals surface area contributed by atoms with Crippen LogP contribution in [0.3, 0.4) is 0 Å². The van der Waals surface area contributed by atoms with Crippen LogP contribution in [0.25, 0.3) is 0 Å². The van der Waals surface area contributed by atoms with E-state index in [1.165, 1.54) is 6.07 Å². The maximum Gasteiger partial charge on any atom is 0.128 e. The number of aliphatic hydroxyl groups is 1. The summed E-state index contributed by atoms with van der Waals surface area (Å²) in [4.78, 5) is 0. The van der Waals surface area contributed by atoms with Crippen LogP contribution in [-0.4, -0.2) is 11.7 Å². The number of nitrogens with one attached hydrogen (secondary N) is 1. The van der Waals surface area contributed by atoms with Crippen LogP contribution in [0, 0.1) is 5.82 Å². The Morgan fingerprint density at radius 1 is 1.16 bits per heavy atom. The number of rotatable bonds is 4. The van der Waals surface area contributed by atoms with Crippen molar-refractivity contribution in [3.05, 3.63) is 64.9 Å². The number of anilines is 1. The molecule has 0 aliphatic rings. The van der Waals surface area contributed by atoms with Crippen molar-refractivity contribution < 1.29 is 9.50 Å². The normalized spacial score (nSPS) is 13.9. The third-order valence-corrected chi connectivity index (χ3v) is 3.30. The summed E-state index contributed by atoms with van der Waals surface area (Å²) in [6, 6.07) is 13.5. The standard InChI is InChI=1S/C15H15ClFNO/c1-15(10-19,13-4-2-3-5-14(13)17)18-12-8-6-11(16)7-9-12/h2-9,18-19H,10H2,1H3. The first kappa shape index (κ1) is 13.8. The summed E-state index contributed by atoms with van der Waals surface area (Å²) in [6.45, 7) is 1.52. The molecular weight excluding hydrogens is 265 g/mol. The Bertz CT molecular complexity index is 558. The highest BCUT2D eigenvalue weighted by molar-refractivity contribution is 6.30. The average Bonchev–Trinajstić information content (AvgIpc) is 2.42. The first-order valence-corrected chi connectivity index (χ1v) is 6.32. The van der Waals surface area contributed by atoms with Gasteiger partial charge >= 0.3 is 0 Å². The van der Waals surface area contributed by atoms with Gasteiger partial charge in [-0.05, 0) is 37.3 Å². The van der Waals surface area contributed by atoms with Crippen LogP contribution in [0.15, 0.2) is 48.5 Å². The Morgan fingerprint density at radius 3 is 2.37 bits per heavy atom. The fourth-order valence-corrected chi connectivity index (χ4v) is 2.08. The predicted octanol–water partition coefficient (Wildman–Crippen LogP) is 3.80. The Kier molecular flexibility index (Phi) is 4.08. The minimum atomic E-state index is -0.890.